The van der Waals surface area contributed by atoms with E-state index in [0.29, 0.717) is 31.9 Å². The van der Waals surface area contributed by atoms with Crippen LogP contribution in [-0.2, 0) is 11.3 Å². The van der Waals surface area contributed by atoms with Crippen molar-refractivity contribution in [3.63, 3.8) is 0 Å². The molecular weight excluding hydrogens is 426 g/mol. The molecule has 2 aliphatic heterocycles. The summed E-state index contributed by atoms with van der Waals surface area (Å²) in [6.45, 7) is 6.85. The Hall–Kier alpha value is -3.00. The molecule has 34 heavy (non-hydrogen) atoms. The number of fused-ring (bicyclic) bond motifs is 1. The van der Waals surface area contributed by atoms with Gasteiger partial charge in [-0.25, -0.2) is 9.99 Å². The normalized spacial score (nSPS) is 17.6. The van der Waals surface area contributed by atoms with Gasteiger partial charge in [0.15, 0.2) is 0 Å². The van der Waals surface area contributed by atoms with Gasteiger partial charge in [0, 0.05) is 32.7 Å². The Morgan fingerprint density at radius 1 is 0.971 bits per heavy atom. The number of carbonyl (C=O) groups excluding carboxylic acids is 1. The second-order valence-corrected chi connectivity index (χ2v) is 9.00. The van der Waals surface area contributed by atoms with E-state index in [1.807, 2.05) is 29.5 Å². The van der Waals surface area contributed by atoms with Crippen LogP contribution in [0.5, 0.6) is 0 Å². The first-order valence-corrected chi connectivity index (χ1v) is 12.3. The van der Waals surface area contributed by atoms with Crippen molar-refractivity contribution in [2.75, 3.05) is 45.9 Å². The number of morpholine rings is 1. The highest BCUT2D eigenvalue weighted by Crippen LogP contribution is 2.22. The first-order valence-electron chi connectivity index (χ1n) is 12.3. The Morgan fingerprint density at radius 2 is 1.79 bits per heavy atom. The monoisotopic (exact) mass is 459 g/mol. The van der Waals surface area contributed by atoms with Crippen molar-refractivity contribution in [3.05, 3.63) is 72.1 Å². The smallest absolute Gasteiger partial charge is 0.267 e. The molecule has 1 fully saturated rings. The number of nitrogens with zero attached hydrogens (tertiary/aromatic N) is 4. The van der Waals surface area contributed by atoms with Gasteiger partial charge >= 0.3 is 0 Å². The Bertz CT molecular complexity index is 1130. The maximum atomic E-state index is 12.8. The molecule has 3 aromatic rings. The predicted octanol–water partition coefficient (Wildman–Crippen LogP) is 3.58. The number of amides is 1. The number of ether oxygens (including phenoxy) is 1. The summed E-state index contributed by atoms with van der Waals surface area (Å²) >= 11 is 0. The summed E-state index contributed by atoms with van der Waals surface area (Å²) in [7, 11) is 0. The van der Waals surface area contributed by atoms with Gasteiger partial charge in [0.05, 0.1) is 30.6 Å². The molecule has 0 saturated carbocycles. The third kappa shape index (κ3) is 5.38. The number of rotatable bonds is 8. The van der Waals surface area contributed by atoms with Crippen LogP contribution in [0.3, 0.4) is 0 Å². The minimum Gasteiger partial charge on any atom is -0.379 e. The number of para-hydroxylation sites is 1. The summed E-state index contributed by atoms with van der Waals surface area (Å²) in [6.07, 6.45) is 7.59. The molecule has 1 amide bonds. The summed E-state index contributed by atoms with van der Waals surface area (Å²) in [5, 5.41) is 1.92. The van der Waals surface area contributed by atoms with Gasteiger partial charge in [-0.2, -0.15) is 0 Å². The molecule has 178 valence electrons. The van der Waals surface area contributed by atoms with Crippen LogP contribution in [0.15, 0.2) is 60.9 Å². The van der Waals surface area contributed by atoms with Crippen molar-refractivity contribution in [2.45, 2.75) is 25.8 Å². The molecule has 0 atom stereocenters. The van der Waals surface area contributed by atoms with E-state index in [-0.39, 0.29) is 5.91 Å². The fourth-order valence-electron chi connectivity index (χ4n) is 4.78. The molecule has 1 aromatic heterocycles. The molecule has 7 nitrogen and oxygen atoms in total. The number of unbranched alkanes of at least 4 members (excludes halogenated alkanes) is 1. The van der Waals surface area contributed by atoms with Gasteiger partial charge in [-0.1, -0.05) is 42.5 Å². The van der Waals surface area contributed by atoms with Crippen LogP contribution in [-0.4, -0.2) is 71.3 Å². The fraction of sp³-hybridized carbons (Fsp3) is 0.407. The van der Waals surface area contributed by atoms with Crippen LogP contribution in [0.1, 0.15) is 35.2 Å². The topological polar surface area (TPSA) is 62.6 Å². The second-order valence-electron chi connectivity index (χ2n) is 9.00. The lowest BCUT2D eigenvalue weighted by Crippen LogP contribution is -2.48. The molecule has 2 aliphatic rings. The van der Waals surface area contributed by atoms with Crippen LogP contribution < -0.4 is 5.43 Å². The summed E-state index contributed by atoms with van der Waals surface area (Å²) < 4.78 is 7.53. The van der Waals surface area contributed by atoms with E-state index in [1.165, 1.54) is 11.1 Å². The number of carbonyl (C=O) groups is 1. The molecule has 0 aliphatic carbocycles. The van der Waals surface area contributed by atoms with Gasteiger partial charge in [-0.05, 0) is 49.1 Å². The van der Waals surface area contributed by atoms with Crippen molar-refractivity contribution in [2.24, 2.45) is 0 Å². The Morgan fingerprint density at radius 3 is 2.59 bits per heavy atom. The highest BCUT2D eigenvalue weighted by atomic mass is 16.5. The molecule has 0 bridgehead atoms. The van der Waals surface area contributed by atoms with Crippen molar-refractivity contribution < 1.29 is 9.53 Å². The molecule has 3 heterocycles. The lowest BCUT2D eigenvalue weighted by Gasteiger charge is -2.26. The zero-order valence-electron chi connectivity index (χ0n) is 19.7. The van der Waals surface area contributed by atoms with Crippen molar-refractivity contribution in [1.82, 2.24) is 24.9 Å². The van der Waals surface area contributed by atoms with E-state index in [4.69, 9.17) is 4.74 Å². The van der Waals surface area contributed by atoms with E-state index < -0.39 is 0 Å². The van der Waals surface area contributed by atoms with E-state index in [0.717, 1.165) is 56.5 Å². The molecular formula is C27H33N5O2. The summed E-state index contributed by atoms with van der Waals surface area (Å²) in [4.78, 5) is 19.9. The van der Waals surface area contributed by atoms with Crippen LogP contribution >= 0.6 is 0 Å². The zero-order chi connectivity index (χ0) is 23.2. The van der Waals surface area contributed by atoms with Crippen LogP contribution in [0.2, 0.25) is 0 Å². The molecule has 0 radical (unpaired) electrons. The van der Waals surface area contributed by atoms with Crippen LogP contribution in [0, 0.1) is 0 Å². The molecule has 2 aromatic carbocycles. The van der Waals surface area contributed by atoms with E-state index in [9.17, 15) is 4.79 Å². The van der Waals surface area contributed by atoms with Gasteiger partial charge in [-0.15, -0.1) is 0 Å². The lowest BCUT2D eigenvalue weighted by molar-refractivity contribution is 0.0127. The Kier molecular flexibility index (Phi) is 7.34. The van der Waals surface area contributed by atoms with Gasteiger partial charge < -0.3 is 9.30 Å². The quantitative estimate of drug-likeness (QED) is 0.522. The average molecular weight is 460 g/mol. The highest BCUT2D eigenvalue weighted by molar-refractivity contribution is 6.04. The molecule has 1 N–H and O–H groups in total. The standard InChI is InChI=1S/C27H33N5O2/c33-27(29-32-17-19-34-20-18-32)24-9-6-10-25-26(24)28-21-31(25)14-5-4-13-30-15-11-23(12-16-30)22-7-2-1-3-8-22/h1-3,6-11,21H,4-5,12-20H2,(H,29,33). The van der Waals surface area contributed by atoms with Crippen LogP contribution in [0.4, 0.5) is 0 Å². The number of hydrogen-bond donors (Lipinski definition) is 1. The molecule has 5 rings (SSSR count). The molecule has 0 unspecified atom stereocenters. The van der Waals surface area contributed by atoms with Gasteiger partial charge in [-0.3, -0.25) is 15.1 Å². The number of aryl methyl sites for hydroxylation is 1. The Balaban J connectivity index is 1.12. The van der Waals surface area contributed by atoms with Gasteiger partial charge in [0.25, 0.3) is 5.91 Å². The fourth-order valence-corrected chi connectivity index (χ4v) is 4.78. The van der Waals surface area contributed by atoms with E-state index in [2.05, 4.69) is 56.3 Å². The summed E-state index contributed by atoms with van der Waals surface area (Å²) in [6, 6.07) is 16.5. The first kappa shape index (κ1) is 22.8. The van der Waals surface area contributed by atoms with E-state index in [1.54, 1.807) is 0 Å². The predicted molar refractivity (Wildman–Crippen MR) is 134 cm³/mol. The number of aromatic nitrogens is 2. The van der Waals surface area contributed by atoms with Crippen molar-refractivity contribution >= 4 is 22.5 Å². The largest absolute Gasteiger partial charge is 0.379 e. The highest BCUT2D eigenvalue weighted by Gasteiger charge is 2.18. The average Bonchev–Trinajstić information content (AvgIpc) is 3.31. The number of benzene rings is 2. The minimum atomic E-state index is -0.106. The third-order valence-electron chi connectivity index (χ3n) is 6.73. The molecule has 0 spiro atoms. The Labute approximate surface area is 201 Å². The zero-order valence-corrected chi connectivity index (χ0v) is 19.7. The maximum Gasteiger partial charge on any atom is 0.267 e. The van der Waals surface area contributed by atoms with Gasteiger partial charge in [0.1, 0.15) is 5.52 Å². The lowest BCUT2D eigenvalue weighted by atomic mass is 9.99. The third-order valence-corrected chi connectivity index (χ3v) is 6.73. The first-order chi connectivity index (χ1) is 16.8. The number of imidazole rings is 1. The SMILES string of the molecule is O=C(NN1CCOCC1)c1cccc2c1ncn2CCCCN1CC=C(c2ccccc2)CC1. The molecule has 7 heteroatoms. The van der Waals surface area contributed by atoms with Crippen LogP contribution in [0.25, 0.3) is 16.6 Å². The molecule has 1 saturated heterocycles. The maximum absolute atomic E-state index is 12.8. The summed E-state index contributed by atoms with van der Waals surface area (Å²) in [5.41, 5.74) is 8.22. The number of hydrogen-bond acceptors (Lipinski definition) is 5. The second kappa shape index (κ2) is 11.0. The van der Waals surface area contributed by atoms with Crippen molar-refractivity contribution in [3.8, 4) is 0 Å². The number of hydrazine groups is 1. The summed E-state index contributed by atoms with van der Waals surface area (Å²) in [5.74, 6) is -0.106. The van der Waals surface area contributed by atoms with Crippen molar-refractivity contribution in [1.29, 1.82) is 0 Å². The van der Waals surface area contributed by atoms with E-state index >= 15 is 0 Å². The van der Waals surface area contributed by atoms with Gasteiger partial charge in [0.2, 0.25) is 0 Å². The number of nitrogens with one attached hydrogen (secondary N) is 1. The minimum absolute atomic E-state index is 0.106.